The summed E-state index contributed by atoms with van der Waals surface area (Å²) in [6.45, 7) is 3.66. The van der Waals surface area contributed by atoms with Crippen molar-refractivity contribution in [2.75, 3.05) is 13.1 Å². The topological polar surface area (TPSA) is 55.1 Å². The van der Waals surface area contributed by atoms with E-state index in [1.54, 1.807) is 0 Å². The Labute approximate surface area is 111 Å². The molecule has 0 aromatic heterocycles. The Bertz CT molecular complexity index is 276. The Kier molecular flexibility index (Phi) is 4.66. The van der Waals surface area contributed by atoms with Crippen molar-refractivity contribution in [3.05, 3.63) is 0 Å². The lowest BCUT2D eigenvalue weighted by molar-refractivity contribution is -0.133. The molecular formula is C15H28N2O. The third-order valence-electron chi connectivity index (χ3n) is 5.13. The molecule has 0 heterocycles. The SMILES string of the molecule is CC1CCC(CN)(C(=O)NCC2CCCC2)CC1. The highest BCUT2D eigenvalue weighted by Gasteiger charge is 2.39. The second-order valence-electron chi connectivity index (χ2n) is 6.53. The summed E-state index contributed by atoms with van der Waals surface area (Å²) in [4.78, 5) is 12.4. The first-order chi connectivity index (χ1) is 8.66. The van der Waals surface area contributed by atoms with Crippen molar-refractivity contribution in [2.24, 2.45) is 23.0 Å². The molecule has 0 atom stereocenters. The maximum Gasteiger partial charge on any atom is 0.227 e. The minimum absolute atomic E-state index is 0.226. The van der Waals surface area contributed by atoms with Gasteiger partial charge in [0.25, 0.3) is 0 Å². The lowest BCUT2D eigenvalue weighted by Crippen LogP contribution is -2.48. The van der Waals surface area contributed by atoms with Gasteiger partial charge in [0.15, 0.2) is 0 Å². The van der Waals surface area contributed by atoms with Gasteiger partial charge in [-0.05, 0) is 50.4 Å². The molecule has 2 fully saturated rings. The molecule has 0 bridgehead atoms. The van der Waals surface area contributed by atoms with Gasteiger partial charge in [0.05, 0.1) is 5.41 Å². The second kappa shape index (κ2) is 6.05. The van der Waals surface area contributed by atoms with Crippen LogP contribution in [-0.2, 0) is 4.79 Å². The number of hydrogen-bond acceptors (Lipinski definition) is 2. The van der Waals surface area contributed by atoms with E-state index >= 15 is 0 Å². The van der Waals surface area contributed by atoms with Crippen LogP contribution in [0.2, 0.25) is 0 Å². The maximum atomic E-state index is 12.4. The molecule has 2 saturated carbocycles. The Morgan fingerprint density at radius 2 is 1.83 bits per heavy atom. The minimum atomic E-state index is -0.259. The number of carbonyl (C=O) groups excluding carboxylic acids is 1. The van der Waals surface area contributed by atoms with Gasteiger partial charge in [0, 0.05) is 13.1 Å². The fourth-order valence-electron chi connectivity index (χ4n) is 3.48. The molecule has 2 aliphatic rings. The van der Waals surface area contributed by atoms with Crippen molar-refractivity contribution in [1.82, 2.24) is 5.32 Å². The molecule has 2 aliphatic carbocycles. The Balaban J connectivity index is 1.84. The van der Waals surface area contributed by atoms with Gasteiger partial charge in [-0.15, -0.1) is 0 Å². The standard InChI is InChI=1S/C15H28N2O/c1-12-6-8-15(11-16,9-7-12)14(18)17-10-13-4-2-3-5-13/h12-13H,2-11,16H2,1H3,(H,17,18). The van der Waals surface area contributed by atoms with Crippen LogP contribution in [0.3, 0.4) is 0 Å². The Hall–Kier alpha value is -0.570. The first-order valence-electron chi connectivity index (χ1n) is 7.65. The number of nitrogens with one attached hydrogen (secondary N) is 1. The first kappa shape index (κ1) is 13.9. The summed E-state index contributed by atoms with van der Waals surface area (Å²) in [5, 5.41) is 3.18. The Morgan fingerprint density at radius 3 is 2.39 bits per heavy atom. The van der Waals surface area contributed by atoms with Crippen molar-refractivity contribution in [3.63, 3.8) is 0 Å². The van der Waals surface area contributed by atoms with Crippen LogP contribution >= 0.6 is 0 Å². The molecule has 0 unspecified atom stereocenters. The third kappa shape index (κ3) is 3.05. The number of hydrogen-bond donors (Lipinski definition) is 2. The van der Waals surface area contributed by atoms with Gasteiger partial charge < -0.3 is 11.1 Å². The average molecular weight is 252 g/mol. The van der Waals surface area contributed by atoms with E-state index in [1.165, 1.54) is 25.7 Å². The van der Waals surface area contributed by atoms with Crippen molar-refractivity contribution in [3.8, 4) is 0 Å². The highest BCUT2D eigenvalue weighted by molar-refractivity contribution is 5.83. The minimum Gasteiger partial charge on any atom is -0.355 e. The van der Waals surface area contributed by atoms with E-state index < -0.39 is 0 Å². The van der Waals surface area contributed by atoms with E-state index in [0.717, 1.165) is 38.1 Å². The molecule has 0 radical (unpaired) electrons. The summed E-state index contributed by atoms with van der Waals surface area (Å²) in [5.41, 5.74) is 5.65. The van der Waals surface area contributed by atoms with Crippen LogP contribution < -0.4 is 11.1 Å². The fraction of sp³-hybridized carbons (Fsp3) is 0.933. The quantitative estimate of drug-likeness (QED) is 0.807. The van der Waals surface area contributed by atoms with E-state index in [2.05, 4.69) is 12.2 Å². The maximum absolute atomic E-state index is 12.4. The first-order valence-corrected chi connectivity index (χ1v) is 7.65. The summed E-state index contributed by atoms with van der Waals surface area (Å²) >= 11 is 0. The number of rotatable bonds is 4. The zero-order valence-corrected chi connectivity index (χ0v) is 11.7. The van der Waals surface area contributed by atoms with Gasteiger partial charge in [0.1, 0.15) is 0 Å². The largest absolute Gasteiger partial charge is 0.355 e. The molecule has 18 heavy (non-hydrogen) atoms. The van der Waals surface area contributed by atoms with E-state index in [0.29, 0.717) is 12.5 Å². The average Bonchev–Trinajstić information content (AvgIpc) is 2.90. The summed E-state index contributed by atoms with van der Waals surface area (Å²) in [6, 6.07) is 0. The van der Waals surface area contributed by atoms with Crippen LogP contribution in [0.5, 0.6) is 0 Å². The van der Waals surface area contributed by atoms with Crippen LogP contribution in [0.1, 0.15) is 58.3 Å². The molecule has 2 rings (SSSR count). The van der Waals surface area contributed by atoms with Gasteiger partial charge in [-0.25, -0.2) is 0 Å². The van der Waals surface area contributed by atoms with E-state index in [4.69, 9.17) is 5.73 Å². The van der Waals surface area contributed by atoms with Crippen molar-refractivity contribution in [1.29, 1.82) is 0 Å². The molecule has 3 N–H and O–H groups in total. The third-order valence-corrected chi connectivity index (χ3v) is 5.13. The predicted octanol–water partition coefficient (Wildman–Crippen LogP) is 2.45. The molecule has 3 heteroatoms. The lowest BCUT2D eigenvalue weighted by atomic mass is 9.70. The van der Waals surface area contributed by atoms with Gasteiger partial charge in [-0.1, -0.05) is 19.8 Å². The van der Waals surface area contributed by atoms with Crippen LogP contribution in [0.25, 0.3) is 0 Å². The molecule has 0 aliphatic heterocycles. The molecular weight excluding hydrogens is 224 g/mol. The molecule has 104 valence electrons. The monoisotopic (exact) mass is 252 g/mol. The predicted molar refractivity (Wildman–Crippen MR) is 74.1 cm³/mol. The van der Waals surface area contributed by atoms with Crippen LogP contribution in [0.15, 0.2) is 0 Å². The van der Waals surface area contributed by atoms with E-state index in [9.17, 15) is 4.79 Å². The highest BCUT2D eigenvalue weighted by Crippen LogP contribution is 2.38. The molecule has 3 nitrogen and oxygen atoms in total. The normalized spacial score (nSPS) is 33.6. The van der Waals surface area contributed by atoms with Gasteiger partial charge in [0.2, 0.25) is 5.91 Å². The van der Waals surface area contributed by atoms with Crippen LogP contribution in [0, 0.1) is 17.3 Å². The molecule has 0 saturated heterocycles. The summed E-state index contributed by atoms with van der Waals surface area (Å²) < 4.78 is 0. The summed E-state index contributed by atoms with van der Waals surface area (Å²) in [5.74, 6) is 1.70. The summed E-state index contributed by atoms with van der Waals surface area (Å²) in [6.07, 6.45) is 9.48. The fourth-order valence-corrected chi connectivity index (χ4v) is 3.48. The number of nitrogens with two attached hydrogens (primary N) is 1. The molecule has 0 aromatic carbocycles. The second-order valence-corrected chi connectivity index (χ2v) is 6.53. The van der Waals surface area contributed by atoms with Gasteiger partial charge in [-0.2, -0.15) is 0 Å². The lowest BCUT2D eigenvalue weighted by Gasteiger charge is -2.37. The molecule has 0 spiro atoms. The molecule has 0 aromatic rings. The van der Waals surface area contributed by atoms with Crippen molar-refractivity contribution >= 4 is 5.91 Å². The van der Waals surface area contributed by atoms with E-state index in [-0.39, 0.29) is 11.3 Å². The van der Waals surface area contributed by atoms with Crippen molar-refractivity contribution in [2.45, 2.75) is 58.3 Å². The van der Waals surface area contributed by atoms with Crippen LogP contribution in [-0.4, -0.2) is 19.0 Å². The number of amides is 1. The van der Waals surface area contributed by atoms with Crippen molar-refractivity contribution < 1.29 is 4.79 Å². The molecule has 1 amide bonds. The smallest absolute Gasteiger partial charge is 0.227 e. The number of carbonyl (C=O) groups is 1. The van der Waals surface area contributed by atoms with Crippen LogP contribution in [0.4, 0.5) is 0 Å². The van der Waals surface area contributed by atoms with E-state index in [1.807, 2.05) is 0 Å². The zero-order chi connectivity index (χ0) is 13.0. The highest BCUT2D eigenvalue weighted by atomic mass is 16.2. The van der Waals surface area contributed by atoms with Gasteiger partial charge >= 0.3 is 0 Å². The zero-order valence-electron chi connectivity index (χ0n) is 11.7. The van der Waals surface area contributed by atoms with Gasteiger partial charge in [-0.3, -0.25) is 4.79 Å². The summed E-state index contributed by atoms with van der Waals surface area (Å²) in [7, 11) is 0. The Morgan fingerprint density at radius 1 is 1.22 bits per heavy atom.